The predicted octanol–water partition coefficient (Wildman–Crippen LogP) is 2.08. The molecule has 2 N–H and O–H groups in total. The van der Waals surface area contributed by atoms with Gasteiger partial charge in [-0.25, -0.2) is 4.79 Å². The van der Waals surface area contributed by atoms with Crippen molar-refractivity contribution in [3.63, 3.8) is 0 Å². The summed E-state index contributed by atoms with van der Waals surface area (Å²) in [6.07, 6.45) is -0.585. The highest BCUT2D eigenvalue weighted by Gasteiger charge is 2.24. The van der Waals surface area contributed by atoms with Gasteiger partial charge in [0.2, 0.25) is 5.91 Å². The van der Waals surface area contributed by atoms with Crippen LogP contribution in [0.2, 0.25) is 0 Å². The van der Waals surface area contributed by atoms with Gasteiger partial charge in [-0.3, -0.25) is 4.79 Å². The van der Waals surface area contributed by atoms with E-state index in [1.165, 1.54) is 0 Å². The van der Waals surface area contributed by atoms with Gasteiger partial charge in [0.15, 0.2) is 0 Å². The van der Waals surface area contributed by atoms with Crippen molar-refractivity contribution >= 4 is 12.0 Å². The molecule has 0 aliphatic rings. The van der Waals surface area contributed by atoms with Crippen LogP contribution in [0, 0.1) is 5.92 Å². The Labute approximate surface area is 131 Å². The Morgan fingerprint density at radius 3 is 2.59 bits per heavy atom. The molecule has 0 saturated carbocycles. The fourth-order valence-electron chi connectivity index (χ4n) is 1.92. The van der Waals surface area contributed by atoms with Crippen LogP contribution >= 0.6 is 0 Å². The van der Waals surface area contributed by atoms with Gasteiger partial charge in [-0.1, -0.05) is 26.0 Å². The van der Waals surface area contributed by atoms with Crippen LogP contribution in [0.3, 0.4) is 0 Å². The van der Waals surface area contributed by atoms with Crippen molar-refractivity contribution in [1.29, 1.82) is 0 Å². The third kappa shape index (κ3) is 5.63. The Hall–Kier alpha value is -2.24. The molecule has 1 aromatic carbocycles. The highest BCUT2D eigenvalue weighted by atomic mass is 16.5. The van der Waals surface area contributed by atoms with E-state index in [2.05, 4.69) is 10.6 Å². The third-order valence-electron chi connectivity index (χ3n) is 3.10. The summed E-state index contributed by atoms with van der Waals surface area (Å²) < 4.78 is 9.96. The molecule has 0 aromatic heterocycles. The topological polar surface area (TPSA) is 76.7 Å². The smallest absolute Gasteiger partial charge is 0.407 e. The number of amides is 2. The van der Waals surface area contributed by atoms with E-state index < -0.39 is 12.1 Å². The maximum absolute atomic E-state index is 12.2. The maximum Gasteiger partial charge on any atom is 0.407 e. The van der Waals surface area contributed by atoms with Gasteiger partial charge in [-0.05, 0) is 30.5 Å². The van der Waals surface area contributed by atoms with E-state index in [0.717, 1.165) is 11.3 Å². The zero-order valence-electron chi connectivity index (χ0n) is 13.5. The van der Waals surface area contributed by atoms with Gasteiger partial charge in [0.1, 0.15) is 11.8 Å². The number of carbonyl (C=O) groups excluding carboxylic acids is 2. The van der Waals surface area contributed by atoms with Gasteiger partial charge < -0.3 is 20.1 Å². The second-order valence-corrected chi connectivity index (χ2v) is 5.16. The minimum atomic E-state index is -0.635. The van der Waals surface area contributed by atoms with E-state index in [9.17, 15) is 9.59 Å². The molecule has 2 amide bonds. The van der Waals surface area contributed by atoms with Gasteiger partial charge >= 0.3 is 6.09 Å². The number of rotatable bonds is 7. The van der Waals surface area contributed by atoms with Crippen LogP contribution < -0.4 is 15.4 Å². The summed E-state index contributed by atoms with van der Waals surface area (Å²) in [6, 6.07) is 6.81. The lowest BCUT2D eigenvalue weighted by Gasteiger charge is -2.21. The first-order valence-corrected chi connectivity index (χ1v) is 7.31. The van der Waals surface area contributed by atoms with E-state index in [0.29, 0.717) is 6.54 Å². The summed E-state index contributed by atoms with van der Waals surface area (Å²) in [6.45, 7) is 6.07. The van der Waals surface area contributed by atoms with Crippen molar-refractivity contribution in [3.05, 3.63) is 29.8 Å². The molecule has 0 fully saturated rings. The molecule has 6 heteroatoms. The van der Waals surface area contributed by atoms with Crippen LogP contribution in [-0.4, -0.2) is 31.8 Å². The second kappa shape index (κ2) is 8.92. The summed E-state index contributed by atoms with van der Waals surface area (Å²) >= 11 is 0. The minimum Gasteiger partial charge on any atom is -0.497 e. The zero-order chi connectivity index (χ0) is 16.5. The molecule has 1 rings (SSSR count). The Bertz CT molecular complexity index is 503. The molecule has 0 radical (unpaired) electrons. The molecule has 22 heavy (non-hydrogen) atoms. The molecule has 0 saturated heterocycles. The number of hydrogen-bond acceptors (Lipinski definition) is 4. The third-order valence-corrected chi connectivity index (χ3v) is 3.10. The highest BCUT2D eigenvalue weighted by molar-refractivity contribution is 5.85. The predicted molar refractivity (Wildman–Crippen MR) is 83.6 cm³/mol. The number of ether oxygens (including phenoxy) is 2. The molecule has 122 valence electrons. The van der Waals surface area contributed by atoms with Crippen molar-refractivity contribution in [2.75, 3.05) is 13.7 Å². The number of carbonyl (C=O) groups is 2. The van der Waals surface area contributed by atoms with Crippen molar-refractivity contribution in [1.82, 2.24) is 10.6 Å². The van der Waals surface area contributed by atoms with Crippen LogP contribution in [-0.2, 0) is 16.1 Å². The summed E-state index contributed by atoms with van der Waals surface area (Å²) in [4.78, 5) is 23.7. The Kier molecular flexibility index (Phi) is 7.22. The molecular formula is C16H24N2O4. The van der Waals surface area contributed by atoms with Gasteiger partial charge in [-0.15, -0.1) is 0 Å². The number of methoxy groups -OCH3 is 1. The molecule has 0 spiro atoms. The Balaban J connectivity index is 2.61. The average Bonchev–Trinajstić information content (AvgIpc) is 2.50. The second-order valence-electron chi connectivity index (χ2n) is 5.16. The molecule has 1 aromatic rings. The molecule has 0 unspecified atom stereocenters. The van der Waals surface area contributed by atoms with Gasteiger partial charge in [0.25, 0.3) is 0 Å². The fraction of sp³-hybridized carbons (Fsp3) is 0.500. The van der Waals surface area contributed by atoms with Crippen molar-refractivity contribution in [2.24, 2.45) is 5.92 Å². The quantitative estimate of drug-likeness (QED) is 0.808. The first kappa shape index (κ1) is 17.8. The number of benzene rings is 1. The van der Waals surface area contributed by atoms with Crippen molar-refractivity contribution in [3.8, 4) is 5.75 Å². The Morgan fingerprint density at radius 1 is 1.27 bits per heavy atom. The lowest BCUT2D eigenvalue weighted by molar-refractivity contribution is -0.124. The first-order chi connectivity index (χ1) is 10.5. The van der Waals surface area contributed by atoms with E-state index in [1.807, 2.05) is 38.1 Å². The van der Waals surface area contributed by atoms with Crippen LogP contribution in [0.1, 0.15) is 26.3 Å². The van der Waals surface area contributed by atoms with Crippen LogP contribution in [0.15, 0.2) is 24.3 Å². The standard InChI is InChI=1S/C16H24N2O4/c1-5-22-16(20)18-14(11(2)3)15(19)17-10-12-7-6-8-13(9-12)21-4/h6-9,11,14H,5,10H2,1-4H3,(H,17,19)(H,18,20)/t14-/m0/s1. The van der Waals surface area contributed by atoms with Crippen LogP contribution in [0.5, 0.6) is 5.75 Å². The number of alkyl carbamates (subject to hydrolysis) is 1. The van der Waals surface area contributed by atoms with Crippen molar-refractivity contribution in [2.45, 2.75) is 33.4 Å². The molecule has 0 heterocycles. The van der Waals surface area contributed by atoms with Crippen molar-refractivity contribution < 1.29 is 19.1 Å². The SMILES string of the molecule is CCOC(=O)N[C@H](C(=O)NCc1cccc(OC)c1)C(C)C. The lowest BCUT2D eigenvalue weighted by Crippen LogP contribution is -2.49. The molecule has 1 atom stereocenters. The van der Waals surface area contributed by atoms with Crippen LogP contribution in [0.25, 0.3) is 0 Å². The van der Waals surface area contributed by atoms with Gasteiger partial charge in [0, 0.05) is 6.54 Å². The monoisotopic (exact) mass is 308 g/mol. The summed E-state index contributed by atoms with van der Waals surface area (Å²) in [5.41, 5.74) is 0.923. The first-order valence-electron chi connectivity index (χ1n) is 7.31. The van der Waals surface area contributed by atoms with E-state index >= 15 is 0 Å². The summed E-state index contributed by atoms with van der Waals surface area (Å²) in [5, 5.41) is 5.39. The van der Waals surface area contributed by atoms with E-state index in [-0.39, 0.29) is 18.4 Å². The van der Waals surface area contributed by atoms with E-state index in [1.54, 1.807) is 14.0 Å². The van der Waals surface area contributed by atoms with Gasteiger partial charge in [-0.2, -0.15) is 0 Å². The van der Waals surface area contributed by atoms with Crippen LogP contribution in [0.4, 0.5) is 4.79 Å². The minimum absolute atomic E-state index is 0.0466. The van der Waals surface area contributed by atoms with Gasteiger partial charge in [0.05, 0.1) is 13.7 Å². The van der Waals surface area contributed by atoms with E-state index in [4.69, 9.17) is 9.47 Å². The molecule has 6 nitrogen and oxygen atoms in total. The number of nitrogens with one attached hydrogen (secondary N) is 2. The number of hydrogen-bond donors (Lipinski definition) is 2. The zero-order valence-corrected chi connectivity index (χ0v) is 13.5. The molecule has 0 aliphatic carbocycles. The maximum atomic E-state index is 12.2. The molecule has 0 aliphatic heterocycles. The Morgan fingerprint density at radius 2 is 2.00 bits per heavy atom. The fourth-order valence-corrected chi connectivity index (χ4v) is 1.92. The normalized spacial score (nSPS) is 11.7. The lowest BCUT2D eigenvalue weighted by atomic mass is 10.0. The summed E-state index contributed by atoms with van der Waals surface area (Å²) in [5.74, 6) is 0.442. The average molecular weight is 308 g/mol. The largest absolute Gasteiger partial charge is 0.497 e. The highest BCUT2D eigenvalue weighted by Crippen LogP contribution is 2.12. The summed E-state index contributed by atoms with van der Waals surface area (Å²) in [7, 11) is 1.59. The molecule has 0 bridgehead atoms. The molecular weight excluding hydrogens is 284 g/mol.